The summed E-state index contributed by atoms with van der Waals surface area (Å²) >= 11 is 13.1. The molecule has 0 bridgehead atoms. The fraction of sp³-hybridized carbons (Fsp3) is 0.0588. The van der Waals surface area contributed by atoms with Crippen LogP contribution in [0.4, 0.5) is 16.5 Å². The van der Waals surface area contributed by atoms with Crippen molar-refractivity contribution in [2.75, 3.05) is 5.32 Å². The lowest BCUT2D eigenvalue weighted by Crippen LogP contribution is -2.13. The minimum absolute atomic E-state index is 0.134. The summed E-state index contributed by atoms with van der Waals surface area (Å²) < 4.78 is 0. The highest BCUT2D eigenvalue weighted by molar-refractivity contribution is 7.14. The number of amides is 1. The van der Waals surface area contributed by atoms with Crippen molar-refractivity contribution in [3.63, 3.8) is 0 Å². The lowest BCUT2D eigenvalue weighted by molar-refractivity contribution is -0.395. The first kappa shape index (κ1) is 20.6. The van der Waals surface area contributed by atoms with Crippen molar-refractivity contribution in [2.45, 2.75) is 6.92 Å². The molecule has 0 radical (unpaired) electrons. The van der Waals surface area contributed by atoms with Gasteiger partial charge < -0.3 is 0 Å². The van der Waals surface area contributed by atoms with Gasteiger partial charge in [0.15, 0.2) is 5.13 Å². The number of aromatic nitrogens is 1. The van der Waals surface area contributed by atoms with Gasteiger partial charge in [0.1, 0.15) is 5.56 Å². The second-order valence-electron chi connectivity index (χ2n) is 5.77. The number of halogens is 2. The average molecular weight is 453 g/mol. The number of carbonyl (C=O) groups is 1. The molecule has 0 fully saturated rings. The Morgan fingerprint density at radius 3 is 2.28 bits per heavy atom. The average Bonchev–Trinajstić information content (AvgIpc) is 3.09. The maximum Gasteiger partial charge on any atom is 0.279 e. The first-order valence-electron chi connectivity index (χ1n) is 7.83. The van der Waals surface area contributed by atoms with Gasteiger partial charge in [-0.05, 0) is 25.1 Å². The standard InChI is InChI=1S/C17H10Cl2N4O5S/c1-8-14(22(25)26)4-9(5-15(8)23(27)28)16(24)21-17-20-13(7-29-17)11-3-2-10(18)6-12(11)19/h2-7H,1H3,(H,20,21,24). The molecule has 0 saturated heterocycles. The van der Waals surface area contributed by atoms with Gasteiger partial charge in [-0.3, -0.25) is 30.3 Å². The van der Waals surface area contributed by atoms with Crippen LogP contribution in [0.15, 0.2) is 35.7 Å². The number of carbonyl (C=O) groups excluding carboxylic acids is 1. The van der Waals surface area contributed by atoms with Crippen LogP contribution in [0.2, 0.25) is 10.0 Å². The van der Waals surface area contributed by atoms with Gasteiger partial charge in [0, 0.05) is 28.1 Å². The van der Waals surface area contributed by atoms with Crippen molar-refractivity contribution in [1.82, 2.24) is 4.98 Å². The van der Waals surface area contributed by atoms with E-state index < -0.39 is 27.1 Å². The third-order valence-electron chi connectivity index (χ3n) is 3.94. The van der Waals surface area contributed by atoms with E-state index in [1.165, 1.54) is 6.92 Å². The molecule has 9 nitrogen and oxygen atoms in total. The lowest BCUT2D eigenvalue weighted by Gasteiger charge is -2.05. The number of rotatable bonds is 5. The number of nitrogens with zero attached hydrogens (tertiary/aromatic N) is 3. The van der Waals surface area contributed by atoms with E-state index in [1.54, 1.807) is 23.6 Å². The Hall–Kier alpha value is -3.08. The molecule has 0 unspecified atom stereocenters. The van der Waals surface area contributed by atoms with Gasteiger partial charge in [-0.15, -0.1) is 11.3 Å². The van der Waals surface area contributed by atoms with Crippen LogP contribution < -0.4 is 5.32 Å². The highest BCUT2D eigenvalue weighted by Crippen LogP contribution is 2.33. The summed E-state index contributed by atoms with van der Waals surface area (Å²) in [5, 5.41) is 27.5. The summed E-state index contributed by atoms with van der Waals surface area (Å²) in [5.41, 5.74) is -0.294. The molecule has 0 aliphatic heterocycles. The minimum Gasteiger partial charge on any atom is -0.298 e. The largest absolute Gasteiger partial charge is 0.298 e. The quantitative estimate of drug-likeness (QED) is 0.402. The minimum atomic E-state index is -0.775. The fourth-order valence-electron chi connectivity index (χ4n) is 2.52. The van der Waals surface area contributed by atoms with Crippen molar-refractivity contribution in [2.24, 2.45) is 0 Å². The van der Waals surface area contributed by atoms with Gasteiger partial charge in [0.05, 0.1) is 26.1 Å². The van der Waals surface area contributed by atoms with E-state index in [0.29, 0.717) is 21.3 Å². The molecule has 12 heteroatoms. The fourth-order valence-corrected chi connectivity index (χ4v) is 3.73. The van der Waals surface area contributed by atoms with Crippen molar-refractivity contribution in [3.05, 3.63) is 77.1 Å². The number of nitro groups is 2. The summed E-state index contributed by atoms with van der Waals surface area (Å²) in [6.07, 6.45) is 0. The van der Waals surface area contributed by atoms with E-state index in [2.05, 4.69) is 10.3 Å². The van der Waals surface area contributed by atoms with E-state index in [1.807, 2.05) is 0 Å². The summed E-state index contributed by atoms with van der Waals surface area (Å²) in [4.78, 5) is 37.5. The van der Waals surface area contributed by atoms with Crippen LogP contribution in [0, 0.1) is 27.2 Å². The van der Waals surface area contributed by atoms with Crippen LogP contribution in [-0.4, -0.2) is 20.7 Å². The molecule has 0 aliphatic rings. The Balaban J connectivity index is 1.90. The van der Waals surface area contributed by atoms with Gasteiger partial charge in [0.25, 0.3) is 17.3 Å². The van der Waals surface area contributed by atoms with Crippen molar-refractivity contribution >= 4 is 57.0 Å². The van der Waals surface area contributed by atoms with Crippen LogP contribution in [0.1, 0.15) is 15.9 Å². The third-order valence-corrected chi connectivity index (χ3v) is 5.25. The number of benzene rings is 2. The molecule has 1 aromatic heterocycles. The summed E-state index contributed by atoms with van der Waals surface area (Å²) in [7, 11) is 0. The highest BCUT2D eigenvalue weighted by atomic mass is 35.5. The normalized spacial score (nSPS) is 10.6. The Morgan fingerprint density at radius 2 is 1.72 bits per heavy atom. The maximum absolute atomic E-state index is 12.5. The first-order chi connectivity index (χ1) is 13.7. The summed E-state index contributed by atoms with van der Waals surface area (Å²) in [6, 6.07) is 6.86. The second-order valence-corrected chi connectivity index (χ2v) is 7.47. The van der Waals surface area contributed by atoms with Gasteiger partial charge in [0.2, 0.25) is 0 Å². The Kier molecular flexibility index (Phi) is 5.78. The van der Waals surface area contributed by atoms with Crippen LogP contribution in [-0.2, 0) is 0 Å². The van der Waals surface area contributed by atoms with E-state index in [9.17, 15) is 25.0 Å². The maximum atomic E-state index is 12.5. The zero-order chi connectivity index (χ0) is 21.3. The number of hydrogen-bond donors (Lipinski definition) is 1. The van der Waals surface area contributed by atoms with Gasteiger partial charge >= 0.3 is 0 Å². The second kappa shape index (κ2) is 8.11. The predicted octanol–water partition coefficient (Wildman–Crippen LogP) is 5.49. The molecule has 0 aliphatic carbocycles. The Bertz CT molecular complexity index is 1130. The molecule has 0 atom stereocenters. The molecule has 29 heavy (non-hydrogen) atoms. The van der Waals surface area contributed by atoms with Crippen LogP contribution in [0.25, 0.3) is 11.3 Å². The van der Waals surface area contributed by atoms with E-state index in [0.717, 1.165) is 23.5 Å². The predicted molar refractivity (Wildman–Crippen MR) is 110 cm³/mol. The molecule has 0 spiro atoms. The third kappa shape index (κ3) is 4.34. The number of thiazole rings is 1. The van der Waals surface area contributed by atoms with Gasteiger partial charge in [-0.2, -0.15) is 0 Å². The van der Waals surface area contributed by atoms with Gasteiger partial charge in [-0.1, -0.05) is 23.2 Å². The van der Waals surface area contributed by atoms with Crippen molar-refractivity contribution < 1.29 is 14.6 Å². The zero-order valence-electron chi connectivity index (χ0n) is 14.5. The van der Waals surface area contributed by atoms with Crippen molar-refractivity contribution in [1.29, 1.82) is 0 Å². The van der Waals surface area contributed by atoms with Crippen LogP contribution in [0.5, 0.6) is 0 Å². The van der Waals surface area contributed by atoms with Crippen LogP contribution in [0.3, 0.4) is 0 Å². The molecule has 2 aromatic carbocycles. The number of nitrogens with one attached hydrogen (secondary N) is 1. The van der Waals surface area contributed by atoms with E-state index in [4.69, 9.17) is 23.2 Å². The SMILES string of the molecule is Cc1c([N+](=O)[O-])cc(C(=O)Nc2nc(-c3ccc(Cl)cc3Cl)cs2)cc1[N+](=O)[O-]. The topological polar surface area (TPSA) is 128 Å². The smallest absolute Gasteiger partial charge is 0.279 e. The zero-order valence-corrected chi connectivity index (χ0v) is 16.8. The monoisotopic (exact) mass is 452 g/mol. The molecule has 1 heterocycles. The number of anilines is 1. The molecule has 0 saturated carbocycles. The first-order valence-corrected chi connectivity index (χ1v) is 9.46. The molecule has 3 aromatic rings. The highest BCUT2D eigenvalue weighted by Gasteiger charge is 2.25. The number of nitro benzene ring substituents is 2. The number of hydrogen-bond acceptors (Lipinski definition) is 7. The van der Waals surface area contributed by atoms with E-state index >= 15 is 0 Å². The Labute approximate surface area is 177 Å². The van der Waals surface area contributed by atoms with Gasteiger partial charge in [-0.25, -0.2) is 4.98 Å². The summed E-state index contributed by atoms with van der Waals surface area (Å²) in [6.45, 7) is 1.25. The molecular formula is C17H10Cl2N4O5S. The van der Waals surface area contributed by atoms with E-state index in [-0.39, 0.29) is 16.3 Å². The molecule has 148 valence electrons. The molecule has 1 N–H and O–H groups in total. The molecular weight excluding hydrogens is 443 g/mol. The lowest BCUT2D eigenvalue weighted by atomic mass is 10.1. The Morgan fingerprint density at radius 1 is 1.10 bits per heavy atom. The van der Waals surface area contributed by atoms with Crippen molar-refractivity contribution in [3.8, 4) is 11.3 Å². The van der Waals surface area contributed by atoms with Crippen LogP contribution >= 0.6 is 34.5 Å². The molecule has 3 rings (SSSR count). The summed E-state index contributed by atoms with van der Waals surface area (Å²) in [5.74, 6) is -0.765. The molecule has 1 amide bonds.